The SMILES string of the molecule is COc1ccc(Cc2cnc(N)cc2N)cc1Br. The molecule has 0 radical (unpaired) electrons. The third-order valence-corrected chi connectivity index (χ3v) is 3.27. The van der Waals surface area contributed by atoms with E-state index in [2.05, 4.69) is 20.9 Å². The summed E-state index contributed by atoms with van der Waals surface area (Å²) in [5.74, 6) is 1.24. The van der Waals surface area contributed by atoms with Gasteiger partial charge < -0.3 is 16.2 Å². The largest absolute Gasteiger partial charge is 0.496 e. The van der Waals surface area contributed by atoms with E-state index in [0.29, 0.717) is 17.9 Å². The van der Waals surface area contributed by atoms with E-state index in [1.165, 1.54) is 0 Å². The summed E-state index contributed by atoms with van der Waals surface area (Å²) < 4.78 is 6.11. The van der Waals surface area contributed by atoms with E-state index in [9.17, 15) is 0 Å². The maximum Gasteiger partial charge on any atom is 0.133 e. The molecule has 2 aromatic rings. The van der Waals surface area contributed by atoms with Crippen molar-refractivity contribution in [3.63, 3.8) is 0 Å². The lowest BCUT2D eigenvalue weighted by atomic mass is 10.1. The van der Waals surface area contributed by atoms with Crippen LogP contribution in [0.25, 0.3) is 0 Å². The first kappa shape index (κ1) is 12.7. The molecule has 0 aliphatic rings. The smallest absolute Gasteiger partial charge is 0.133 e. The lowest BCUT2D eigenvalue weighted by Gasteiger charge is -2.08. The van der Waals surface area contributed by atoms with Gasteiger partial charge in [-0.3, -0.25) is 0 Å². The average Bonchev–Trinajstić information content (AvgIpc) is 2.33. The summed E-state index contributed by atoms with van der Waals surface area (Å²) in [4.78, 5) is 4.05. The molecule has 1 aromatic carbocycles. The Kier molecular flexibility index (Phi) is 3.72. The summed E-state index contributed by atoms with van der Waals surface area (Å²) in [5, 5.41) is 0. The van der Waals surface area contributed by atoms with Gasteiger partial charge in [-0.05, 0) is 39.2 Å². The zero-order chi connectivity index (χ0) is 13.1. The Morgan fingerprint density at radius 2 is 2.06 bits per heavy atom. The molecular formula is C13H14BrN3O. The highest BCUT2D eigenvalue weighted by Gasteiger charge is 2.05. The van der Waals surface area contributed by atoms with Gasteiger partial charge in [-0.25, -0.2) is 4.98 Å². The molecule has 0 unspecified atom stereocenters. The quantitative estimate of drug-likeness (QED) is 0.914. The molecule has 18 heavy (non-hydrogen) atoms. The summed E-state index contributed by atoms with van der Waals surface area (Å²) in [6.45, 7) is 0. The van der Waals surface area contributed by atoms with Gasteiger partial charge in [0.15, 0.2) is 0 Å². The van der Waals surface area contributed by atoms with Gasteiger partial charge in [0.05, 0.1) is 11.6 Å². The van der Waals surface area contributed by atoms with Crippen molar-refractivity contribution in [3.05, 3.63) is 46.1 Å². The molecule has 0 saturated heterocycles. The number of nitrogen functional groups attached to an aromatic ring is 2. The molecule has 0 atom stereocenters. The third kappa shape index (κ3) is 2.73. The fraction of sp³-hybridized carbons (Fsp3) is 0.154. The number of hydrogen-bond donors (Lipinski definition) is 2. The predicted molar refractivity (Wildman–Crippen MR) is 76.6 cm³/mol. The van der Waals surface area contributed by atoms with E-state index in [4.69, 9.17) is 16.2 Å². The van der Waals surface area contributed by atoms with Gasteiger partial charge in [-0.15, -0.1) is 0 Å². The van der Waals surface area contributed by atoms with Crippen molar-refractivity contribution in [1.29, 1.82) is 0 Å². The number of rotatable bonds is 3. The molecule has 0 aliphatic carbocycles. The Morgan fingerprint density at radius 1 is 1.28 bits per heavy atom. The minimum Gasteiger partial charge on any atom is -0.496 e. The van der Waals surface area contributed by atoms with Crippen molar-refractivity contribution < 1.29 is 4.74 Å². The topological polar surface area (TPSA) is 74.2 Å². The van der Waals surface area contributed by atoms with Gasteiger partial charge in [0.2, 0.25) is 0 Å². The van der Waals surface area contributed by atoms with Gasteiger partial charge >= 0.3 is 0 Å². The lowest BCUT2D eigenvalue weighted by molar-refractivity contribution is 0.412. The second-order valence-corrected chi connectivity index (χ2v) is 4.81. The van der Waals surface area contributed by atoms with Gasteiger partial charge in [0.25, 0.3) is 0 Å². The van der Waals surface area contributed by atoms with E-state index in [-0.39, 0.29) is 0 Å². The number of hydrogen-bond acceptors (Lipinski definition) is 4. The predicted octanol–water partition coefficient (Wildman–Crippen LogP) is 2.61. The zero-order valence-corrected chi connectivity index (χ0v) is 11.6. The molecule has 5 heteroatoms. The maximum atomic E-state index is 5.91. The van der Waals surface area contributed by atoms with Crippen molar-refractivity contribution in [1.82, 2.24) is 4.98 Å². The van der Waals surface area contributed by atoms with Crippen LogP contribution in [0.3, 0.4) is 0 Å². The highest BCUT2D eigenvalue weighted by molar-refractivity contribution is 9.10. The first-order valence-corrected chi connectivity index (χ1v) is 6.21. The van der Waals surface area contributed by atoms with Crippen molar-refractivity contribution in [2.45, 2.75) is 6.42 Å². The van der Waals surface area contributed by atoms with Crippen molar-refractivity contribution in [2.24, 2.45) is 0 Å². The molecule has 0 spiro atoms. The molecule has 2 rings (SSSR count). The monoisotopic (exact) mass is 307 g/mol. The molecule has 0 aliphatic heterocycles. The number of aromatic nitrogens is 1. The van der Waals surface area contributed by atoms with E-state index >= 15 is 0 Å². The van der Waals surface area contributed by atoms with Crippen LogP contribution in [0.5, 0.6) is 5.75 Å². The van der Waals surface area contributed by atoms with Crippen LogP contribution in [-0.2, 0) is 6.42 Å². The molecular weight excluding hydrogens is 294 g/mol. The number of methoxy groups -OCH3 is 1. The molecule has 94 valence electrons. The summed E-state index contributed by atoms with van der Waals surface area (Å²) in [7, 11) is 1.64. The molecule has 4 N–H and O–H groups in total. The Morgan fingerprint density at radius 3 is 2.67 bits per heavy atom. The third-order valence-electron chi connectivity index (χ3n) is 2.65. The number of anilines is 2. The first-order valence-electron chi connectivity index (χ1n) is 5.42. The molecule has 1 heterocycles. The number of halogens is 1. The number of pyridine rings is 1. The Balaban J connectivity index is 2.26. The number of ether oxygens (including phenoxy) is 1. The number of benzene rings is 1. The second-order valence-electron chi connectivity index (χ2n) is 3.95. The van der Waals surface area contributed by atoms with Gasteiger partial charge in [-0.1, -0.05) is 6.07 Å². The first-order chi connectivity index (χ1) is 8.60. The molecule has 4 nitrogen and oxygen atoms in total. The van der Waals surface area contributed by atoms with Crippen molar-refractivity contribution >= 4 is 27.4 Å². The fourth-order valence-corrected chi connectivity index (χ4v) is 2.29. The average molecular weight is 308 g/mol. The van der Waals surface area contributed by atoms with Crippen LogP contribution in [0.4, 0.5) is 11.5 Å². The molecule has 0 fully saturated rings. The number of nitrogens with two attached hydrogens (primary N) is 2. The van der Waals surface area contributed by atoms with Gasteiger partial charge in [0.1, 0.15) is 11.6 Å². The normalized spacial score (nSPS) is 10.3. The minimum absolute atomic E-state index is 0.437. The van der Waals surface area contributed by atoms with Crippen LogP contribution < -0.4 is 16.2 Å². The highest BCUT2D eigenvalue weighted by atomic mass is 79.9. The maximum absolute atomic E-state index is 5.91. The van der Waals surface area contributed by atoms with Gasteiger partial charge in [0, 0.05) is 24.4 Å². The van der Waals surface area contributed by atoms with Crippen LogP contribution in [0.2, 0.25) is 0 Å². The minimum atomic E-state index is 0.437. The highest BCUT2D eigenvalue weighted by Crippen LogP contribution is 2.27. The molecule has 0 saturated carbocycles. The van der Waals surface area contributed by atoms with Crippen molar-refractivity contribution in [2.75, 3.05) is 18.6 Å². The van der Waals surface area contributed by atoms with Crippen LogP contribution in [0.15, 0.2) is 34.9 Å². The van der Waals surface area contributed by atoms with Crippen LogP contribution in [0.1, 0.15) is 11.1 Å². The number of nitrogens with zero attached hydrogens (tertiary/aromatic N) is 1. The molecule has 0 amide bonds. The fourth-order valence-electron chi connectivity index (χ4n) is 1.70. The van der Waals surface area contributed by atoms with Crippen LogP contribution in [0, 0.1) is 0 Å². The molecule has 0 bridgehead atoms. The Labute approximate surface area is 114 Å². The Bertz CT molecular complexity index is 572. The second kappa shape index (κ2) is 5.27. The van der Waals surface area contributed by atoms with E-state index in [1.54, 1.807) is 19.4 Å². The van der Waals surface area contributed by atoms with Gasteiger partial charge in [-0.2, -0.15) is 0 Å². The zero-order valence-electron chi connectivity index (χ0n) is 9.98. The van der Waals surface area contributed by atoms with Crippen LogP contribution >= 0.6 is 15.9 Å². The van der Waals surface area contributed by atoms with Crippen molar-refractivity contribution in [3.8, 4) is 5.75 Å². The molecule has 1 aromatic heterocycles. The standard InChI is InChI=1S/C13H14BrN3O/c1-18-12-3-2-8(5-10(12)14)4-9-7-17-13(16)6-11(9)15/h2-3,5-7H,4H2,1H3,(H4,15,16,17). The summed E-state index contributed by atoms with van der Waals surface area (Å²) in [6.07, 6.45) is 2.42. The van der Waals surface area contributed by atoms with E-state index in [0.717, 1.165) is 21.3 Å². The van der Waals surface area contributed by atoms with E-state index in [1.807, 2.05) is 18.2 Å². The lowest BCUT2D eigenvalue weighted by Crippen LogP contribution is -2.00. The van der Waals surface area contributed by atoms with Crippen LogP contribution in [-0.4, -0.2) is 12.1 Å². The summed E-state index contributed by atoms with van der Waals surface area (Å²) in [6, 6.07) is 7.60. The summed E-state index contributed by atoms with van der Waals surface area (Å²) in [5.41, 5.74) is 14.2. The Hall–Kier alpha value is -1.75. The van der Waals surface area contributed by atoms with E-state index < -0.39 is 0 Å². The summed E-state index contributed by atoms with van der Waals surface area (Å²) >= 11 is 3.46.